The lowest BCUT2D eigenvalue weighted by Gasteiger charge is -2.23. The van der Waals surface area contributed by atoms with Crippen molar-refractivity contribution < 1.29 is 5.11 Å². The third kappa shape index (κ3) is 5.60. The fourth-order valence-corrected chi connectivity index (χ4v) is 3.00. The van der Waals surface area contributed by atoms with Gasteiger partial charge >= 0.3 is 0 Å². The first kappa shape index (κ1) is 20.0. The summed E-state index contributed by atoms with van der Waals surface area (Å²) < 4.78 is 0. The van der Waals surface area contributed by atoms with Crippen LogP contribution in [-0.4, -0.2) is 56.0 Å². The topological polar surface area (TPSA) is 39.1 Å². The van der Waals surface area contributed by atoms with Gasteiger partial charge in [-0.05, 0) is 52.1 Å². The van der Waals surface area contributed by atoms with Gasteiger partial charge in [0.05, 0.1) is 6.54 Å². The summed E-state index contributed by atoms with van der Waals surface area (Å²) in [6.07, 6.45) is 2.74. The number of likely N-dealkylation sites (N-methyl/N-ethyl adjacent to an activating group) is 1. The third-order valence-electron chi connectivity index (χ3n) is 4.73. The number of aromatic hydroxyl groups is 1. The summed E-state index contributed by atoms with van der Waals surface area (Å²) in [7, 11) is 4.17. The van der Waals surface area contributed by atoms with Crippen LogP contribution in [0.25, 0.3) is 0 Å². The summed E-state index contributed by atoms with van der Waals surface area (Å²) in [4.78, 5) is 9.01. The number of hydrogen-bond donors (Lipinski definition) is 1. The molecule has 140 valence electrons. The van der Waals surface area contributed by atoms with Gasteiger partial charge in [0.1, 0.15) is 5.75 Å². The predicted molar refractivity (Wildman–Crippen MR) is 112 cm³/mol. The molecule has 0 fully saturated rings. The Labute approximate surface area is 157 Å². The van der Waals surface area contributed by atoms with Crippen molar-refractivity contribution in [3.63, 3.8) is 0 Å². The molecule has 0 amide bonds. The first-order chi connectivity index (χ1) is 12.5. The summed E-state index contributed by atoms with van der Waals surface area (Å²) in [5.41, 5.74) is 3.12. The number of rotatable bonds is 9. The molecule has 2 aromatic rings. The van der Waals surface area contributed by atoms with Crippen LogP contribution in [0.3, 0.4) is 0 Å². The van der Waals surface area contributed by atoms with Crippen LogP contribution in [-0.2, 0) is 6.42 Å². The molecule has 0 aliphatic carbocycles. The van der Waals surface area contributed by atoms with Crippen molar-refractivity contribution >= 4 is 11.9 Å². The van der Waals surface area contributed by atoms with Gasteiger partial charge in [0, 0.05) is 42.7 Å². The SMILES string of the molecule is CCN(CC)c1ccc(C=NC[C@H](Cc2ccccc2)N(C)C)c(O)c1. The van der Waals surface area contributed by atoms with Crippen LogP contribution in [0.1, 0.15) is 25.0 Å². The van der Waals surface area contributed by atoms with E-state index in [1.165, 1.54) is 5.56 Å². The maximum absolute atomic E-state index is 10.3. The van der Waals surface area contributed by atoms with Crippen molar-refractivity contribution in [2.75, 3.05) is 38.6 Å². The molecule has 0 radical (unpaired) electrons. The minimum Gasteiger partial charge on any atom is -0.507 e. The molecule has 2 rings (SSSR count). The average molecular weight is 354 g/mol. The lowest BCUT2D eigenvalue weighted by Crippen LogP contribution is -2.32. The molecule has 0 bridgehead atoms. The van der Waals surface area contributed by atoms with Gasteiger partial charge < -0.3 is 14.9 Å². The smallest absolute Gasteiger partial charge is 0.126 e. The van der Waals surface area contributed by atoms with Crippen molar-refractivity contribution in [3.8, 4) is 5.75 Å². The highest BCUT2D eigenvalue weighted by molar-refractivity contribution is 5.84. The highest BCUT2D eigenvalue weighted by atomic mass is 16.3. The largest absolute Gasteiger partial charge is 0.507 e. The molecular weight excluding hydrogens is 322 g/mol. The predicted octanol–water partition coefficient (Wildman–Crippen LogP) is 3.83. The molecule has 0 unspecified atom stereocenters. The van der Waals surface area contributed by atoms with E-state index in [9.17, 15) is 5.11 Å². The number of hydrogen-bond acceptors (Lipinski definition) is 4. The quantitative estimate of drug-likeness (QED) is 0.697. The van der Waals surface area contributed by atoms with E-state index in [-0.39, 0.29) is 5.75 Å². The van der Waals surface area contributed by atoms with Gasteiger partial charge in [-0.2, -0.15) is 0 Å². The highest BCUT2D eigenvalue weighted by Crippen LogP contribution is 2.23. The Bertz CT molecular complexity index is 694. The van der Waals surface area contributed by atoms with Crippen LogP contribution in [0.15, 0.2) is 53.5 Å². The molecule has 0 aliphatic heterocycles. The van der Waals surface area contributed by atoms with Crippen LogP contribution >= 0.6 is 0 Å². The maximum Gasteiger partial charge on any atom is 0.126 e. The summed E-state index contributed by atoms with van der Waals surface area (Å²) >= 11 is 0. The first-order valence-corrected chi connectivity index (χ1v) is 9.33. The van der Waals surface area contributed by atoms with Gasteiger partial charge in [0.25, 0.3) is 0 Å². The monoisotopic (exact) mass is 353 g/mol. The minimum absolute atomic E-state index is 0.280. The molecular formula is C22H31N3O. The Morgan fingerprint density at radius 2 is 1.73 bits per heavy atom. The normalized spacial score (nSPS) is 12.7. The molecule has 4 heteroatoms. The van der Waals surface area contributed by atoms with E-state index in [1.807, 2.05) is 24.3 Å². The van der Waals surface area contributed by atoms with Crippen LogP contribution in [0.5, 0.6) is 5.75 Å². The number of phenolic OH excluding ortho intramolecular Hbond substituents is 1. The zero-order valence-corrected chi connectivity index (χ0v) is 16.4. The van der Waals surface area contributed by atoms with E-state index >= 15 is 0 Å². The van der Waals surface area contributed by atoms with E-state index < -0.39 is 0 Å². The van der Waals surface area contributed by atoms with Gasteiger partial charge in [0.2, 0.25) is 0 Å². The van der Waals surface area contributed by atoms with Gasteiger partial charge in [0.15, 0.2) is 0 Å². The molecule has 0 aromatic heterocycles. The summed E-state index contributed by atoms with van der Waals surface area (Å²) in [5.74, 6) is 0.280. The molecule has 2 aromatic carbocycles. The lowest BCUT2D eigenvalue weighted by molar-refractivity contribution is 0.298. The fourth-order valence-electron chi connectivity index (χ4n) is 3.00. The Morgan fingerprint density at radius 3 is 2.31 bits per heavy atom. The van der Waals surface area contributed by atoms with Crippen molar-refractivity contribution in [1.82, 2.24) is 4.90 Å². The van der Waals surface area contributed by atoms with Gasteiger partial charge in [-0.25, -0.2) is 0 Å². The van der Waals surface area contributed by atoms with Crippen LogP contribution in [0, 0.1) is 0 Å². The molecule has 4 nitrogen and oxygen atoms in total. The molecule has 26 heavy (non-hydrogen) atoms. The number of aliphatic imine (C=N–C) groups is 1. The van der Waals surface area contributed by atoms with Crippen LogP contribution < -0.4 is 4.90 Å². The molecule has 1 atom stereocenters. The van der Waals surface area contributed by atoms with Crippen LogP contribution in [0.4, 0.5) is 5.69 Å². The van der Waals surface area contributed by atoms with E-state index in [2.05, 4.69) is 67.0 Å². The van der Waals surface area contributed by atoms with Crippen molar-refractivity contribution in [1.29, 1.82) is 0 Å². The lowest BCUT2D eigenvalue weighted by atomic mass is 10.1. The van der Waals surface area contributed by atoms with Gasteiger partial charge in [-0.3, -0.25) is 4.99 Å². The molecule has 1 N–H and O–H groups in total. The fraction of sp³-hybridized carbons (Fsp3) is 0.409. The summed E-state index contributed by atoms with van der Waals surface area (Å²) in [5, 5.41) is 10.3. The zero-order chi connectivity index (χ0) is 18.9. The molecule has 0 saturated carbocycles. The Balaban J connectivity index is 2.03. The molecule has 0 aliphatic rings. The number of benzene rings is 2. The van der Waals surface area contributed by atoms with E-state index in [1.54, 1.807) is 6.21 Å². The second-order valence-corrected chi connectivity index (χ2v) is 6.72. The number of anilines is 1. The molecule has 0 saturated heterocycles. The molecule has 0 heterocycles. The van der Waals surface area contributed by atoms with Gasteiger partial charge in [-0.1, -0.05) is 30.3 Å². The highest BCUT2D eigenvalue weighted by Gasteiger charge is 2.11. The Hall–Kier alpha value is -2.33. The van der Waals surface area contributed by atoms with E-state index in [0.29, 0.717) is 12.6 Å². The van der Waals surface area contributed by atoms with Crippen molar-refractivity contribution in [3.05, 3.63) is 59.7 Å². The summed E-state index contributed by atoms with van der Waals surface area (Å²) in [6.45, 7) is 6.77. The van der Waals surface area contributed by atoms with Crippen molar-refractivity contribution in [2.45, 2.75) is 26.3 Å². The second-order valence-electron chi connectivity index (χ2n) is 6.72. The summed E-state index contributed by atoms with van der Waals surface area (Å²) in [6, 6.07) is 16.6. The maximum atomic E-state index is 10.3. The zero-order valence-electron chi connectivity index (χ0n) is 16.4. The number of phenols is 1. The first-order valence-electron chi connectivity index (χ1n) is 9.33. The standard InChI is InChI=1S/C22H31N3O/c1-5-25(6-2)20-13-12-19(22(26)15-20)16-23-17-21(24(3)4)14-18-10-8-7-9-11-18/h7-13,15-16,21,26H,5-6,14,17H2,1-4H3/t21-/m0/s1. The van der Waals surface area contributed by atoms with E-state index in [4.69, 9.17) is 0 Å². The molecule has 0 spiro atoms. The van der Waals surface area contributed by atoms with E-state index in [0.717, 1.165) is 30.8 Å². The number of nitrogens with zero attached hydrogens (tertiary/aromatic N) is 3. The average Bonchev–Trinajstić information content (AvgIpc) is 2.64. The minimum atomic E-state index is 0.280. The van der Waals surface area contributed by atoms with Gasteiger partial charge in [-0.15, -0.1) is 0 Å². The third-order valence-corrected chi connectivity index (χ3v) is 4.73. The Morgan fingerprint density at radius 1 is 1.04 bits per heavy atom. The van der Waals surface area contributed by atoms with Crippen LogP contribution in [0.2, 0.25) is 0 Å². The second kappa shape index (κ2) is 9.97. The Kier molecular flexibility index (Phi) is 7.67. The van der Waals surface area contributed by atoms with Crippen molar-refractivity contribution in [2.24, 2.45) is 4.99 Å².